The molecule has 6 nitrogen and oxygen atoms in total. The topological polar surface area (TPSA) is 56.6 Å². The zero-order chi connectivity index (χ0) is 18.2. The van der Waals surface area contributed by atoms with E-state index in [0.29, 0.717) is 30.7 Å². The van der Waals surface area contributed by atoms with Crippen LogP contribution in [0, 0.1) is 5.92 Å². The zero-order valence-electron chi connectivity index (χ0n) is 16.1. The first-order chi connectivity index (χ1) is 11.8. The van der Waals surface area contributed by atoms with Gasteiger partial charge in [0.05, 0.1) is 18.8 Å². The number of ether oxygens (including phenoxy) is 2. The maximum absolute atomic E-state index is 12.9. The fourth-order valence-corrected chi connectivity index (χ4v) is 3.63. The van der Waals surface area contributed by atoms with Gasteiger partial charge in [-0.05, 0) is 45.6 Å². The summed E-state index contributed by atoms with van der Waals surface area (Å²) in [6.45, 7) is 13.5. The highest BCUT2D eigenvalue weighted by atomic mass is 16.7. The third-order valence-corrected chi connectivity index (χ3v) is 5.04. The average Bonchev–Trinajstić information content (AvgIpc) is 3.23. The van der Waals surface area contributed by atoms with Crippen molar-refractivity contribution < 1.29 is 14.3 Å². The largest absolute Gasteiger partial charge is 0.350 e. The summed E-state index contributed by atoms with van der Waals surface area (Å²) in [5.41, 5.74) is 1.53. The van der Waals surface area contributed by atoms with Gasteiger partial charge in [0.15, 0.2) is 12.0 Å². The van der Waals surface area contributed by atoms with Crippen molar-refractivity contribution in [2.75, 3.05) is 26.3 Å². The fourth-order valence-electron chi connectivity index (χ4n) is 3.63. The Labute approximate surface area is 150 Å². The molecule has 3 heterocycles. The van der Waals surface area contributed by atoms with Crippen LogP contribution in [0.1, 0.15) is 69.6 Å². The Morgan fingerprint density at radius 2 is 1.80 bits per heavy atom. The molecule has 0 N–H and O–H groups in total. The predicted molar refractivity (Wildman–Crippen MR) is 95.6 cm³/mol. The normalized spacial score (nSPS) is 20.6. The molecule has 2 aliphatic rings. The molecule has 1 amide bonds. The van der Waals surface area contributed by atoms with Gasteiger partial charge in [-0.3, -0.25) is 9.48 Å². The van der Waals surface area contributed by atoms with Crippen LogP contribution >= 0.6 is 0 Å². The lowest BCUT2D eigenvalue weighted by Crippen LogP contribution is -2.41. The molecule has 1 aromatic heterocycles. The zero-order valence-corrected chi connectivity index (χ0v) is 16.1. The van der Waals surface area contributed by atoms with E-state index in [4.69, 9.17) is 9.47 Å². The maximum atomic E-state index is 12.9. The van der Waals surface area contributed by atoms with Crippen LogP contribution < -0.4 is 0 Å². The van der Waals surface area contributed by atoms with E-state index in [-0.39, 0.29) is 17.7 Å². The van der Waals surface area contributed by atoms with Gasteiger partial charge in [-0.2, -0.15) is 5.10 Å². The van der Waals surface area contributed by atoms with E-state index in [2.05, 4.69) is 39.7 Å². The Hall–Kier alpha value is -1.40. The molecule has 2 saturated heterocycles. The number of nitrogens with zero attached hydrogens (tertiary/aromatic N) is 3. The molecule has 3 rings (SSSR count). The molecule has 0 bridgehead atoms. The smallest absolute Gasteiger partial charge is 0.274 e. The quantitative estimate of drug-likeness (QED) is 0.842. The van der Waals surface area contributed by atoms with Crippen molar-refractivity contribution >= 4 is 5.91 Å². The van der Waals surface area contributed by atoms with Gasteiger partial charge in [-0.15, -0.1) is 0 Å². The molecule has 0 aliphatic carbocycles. The first kappa shape index (κ1) is 18.4. The van der Waals surface area contributed by atoms with E-state index < -0.39 is 0 Å². The lowest BCUT2D eigenvalue weighted by atomic mass is 9.96. The van der Waals surface area contributed by atoms with Gasteiger partial charge in [-0.25, -0.2) is 0 Å². The van der Waals surface area contributed by atoms with E-state index in [0.717, 1.165) is 31.6 Å². The van der Waals surface area contributed by atoms with E-state index in [1.54, 1.807) is 0 Å². The van der Waals surface area contributed by atoms with Gasteiger partial charge in [0.1, 0.15) is 0 Å². The van der Waals surface area contributed by atoms with Gasteiger partial charge in [-0.1, -0.05) is 13.8 Å². The second-order valence-corrected chi connectivity index (χ2v) is 8.43. The summed E-state index contributed by atoms with van der Waals surface area (Å²) < 4.78 is 13.2. The molecule has 0 radical (unpaired) electrons. The van der Waals surface area contributed by atoms with Gasteiger partial charge in [0.25, 0.3) is 5.91 Å². The molecule has 140 valence electrons. The van der Waals surface area contributed by atoms with Crippen LogP contribution in [0.15, 0.2) is 6.07 Å². The van der Waals surface area contributed by atoms with Crippen molar-refractivity contribution in [3.63, 3.8) is 0 Å². The summed E-state index contributed by atoms with van der Waals surface area (Å²) in [4.78, 5) is 14.9. The number of hydrogen-bond donors (Lipinski definition) is 0. The van der Waals surface area contributed by atoms with Crippen molar-refractivity contribution in [2.45, 2.75) is 65.2 Å². The highest BCUT2D eigenvalue weighted by molar-refractivity contribution is 5.92. The predicted octanol–water partition coefficient (Wildman–Crippen LogP) is 2.99. The summed E-state index contributed by atoms with van der Waals surface area (Å²) >= 11 is 0. The van der Waals surface area contributed by atoms with Crippen LogP contribution in [0.5, 0.6) is 0 Å². The van der Waals surface area contributed by atoms with Crippen LogP contribution in [-0.4, -0.2) is 53.2 Å². The standard InChI is InChI=1S/C19H31N3O3/c1-13(2)16-12-15(20-22(16)19(3,4)5)17(23)21-8-6-14(7-9-21)18-24-10-11-25-18/h12-14,18H,6-11H2,1-5H3. The monoisotopic (exact) mass is 349 g/mol. The lowest BCUT2D eigenvalue weighted by molar-refractivity contribution is -0.0956. The Morgan fingerprint density at radius 1 is 1.20 bits per heavy atom. The minimum absolute atomic E-state index is 0.0385. The van der Waals surface area contributed by atoms with Crippen LogP contribution in [0.3, 0.4) is 0 Å². The molecule has 2 aliphatic heterocycles. The molecule has 25 heavy (non-hydrogen) atoms. The van der Waals surface area contributed by atoms with Crippen molar-refractivity contribution in [1.82, 2.24) is 14.7 Å². The Morgan fingerprint density at radius 3 is 2.28 bits per heavy atom. The molecule has 0 saturated carbocycles. The summed E-state index contributed by atoms with van der Waals surface area (Å²) in [7, 11) is 0. The molecule has 0 unspecified atom stereocenters. The number of piperidine rings is 1. The lowest BCUT2D eigenvalue weighted by Gasteiger charge is -2.33. The average molecular weight is 349 g/mol. The number of likely N-dealkylation sites (tertiary alicyclic amines) is 1. The third-order valence-electron chi connectivity index (χ3n) is 5.04. The molecular formula is C19H31N3O3. The first-order valence-corrected chi connectivity index (χ1v) is 9.40. The minimum Gasteiger partial charge on any atom is -0.350 e. The van der Waals surface area contributed by atoms with Crippen LogP contribution in [0.25, 0.3) is 0 Å². The molecule has 1 aromatic rings. The van der Waals surface area contributed by atoms with Gasteiger partial charge < -0.3 is 14.4 Å². The molecule has 6 heteroatoms. The van der Waals surface area contributed by atoms with Crippen molar-refractivity contribution in [3.05, 3.63) is 17.5 Å². The summed E-state index contributed by atoms with van der Waals surface area (Å²) in [6.07, 6.45) is 1.77. The summed E-state index contributed by atoms with van der Waals surface area (Å²) in [5.74, 6) is 0.761. The van der Waals surface area contributed by atoms with Crippen LogP contribution in [-0.2, 0) is 15.0 Å². The van der Waals surface area contributed by atoms with Crippen molar-refractivity contribution in [1.29, 1.82) is 0 Å². The summed E-state index contributed by atoms with van der Waals surface area (Å²) in [5, 5.41) is 4.65. The Kier molecular flexibility index (Phi) is 5.21. The SMILES string of the molecule is CC(C)c1cc(C(=O)N2CCC(C3OCCO3)CC2)nn1C(C)(C)C. The fraction of sp³-hybridized carbons (Fsp3) is 0.789. The molecule has 0 spiro atoms. The van der Waals surface area contributed by atoms with Gasteiger partial charge in [0, 0.05) is 24.7 Å². The highest BCUT2D eigenvalue weighted by Gasteiger charge is 2.33. The van der Waals surface area contributed by atoms with E-state index in [9.17, 15) is 4.79 Å². The number of rotatable bonds is 3. The molecular weight excluding hydrogens is 318 g/mol. The van der Waals surface area contributed by atoms with Crippen LogP contribution in [0.2, 0.25) is 0 Å². The van der Waals surface area contributed by atoms with E-state index in [1.165, 1.54) is 0 Å². The molecule has 0 atom stereocenters. The number of amides is 1. The Bertz CT molecular complexity index is 604. The van der Waals surface area contributed by atoms with E-state index in [1.807, 2.05) is 15.6 Å². The van der Waals surface area contributed by atoms with Gasteiger partial charge >= 0.3 is 0 Å². The van der Waals surface area contributed by atoms with Gasteiger partial charge in [0.2, 0.25) is 0 Å². The van der Waals surface area contributed by atoms with Crippen molar-refractivity contribution in [2.24, 2.45) is 5.92 Å². The first-order valence-electron chi connectivity index (χ1n) is 9.40. The maximum Gasteiger partial charge on any atom is 0.274 e. The number of aromatic nitrogens is 2. The second kappa shape index (κ2) is 7.08. The molecule has 2 fully saturated rings. The second-order valence-electron chi connectivity index (χ2n) is 8.43. The minimum atomic E-state index is -0.137. The number of carbonyl (C=O) groups excluding carboxylic acids is 1. The molecule has 0 aromatic carbocycles. The summed E-state index contributed by atoms with van der Waals surface area (Å²) in [6, 6.07) is 1.97. The third kappa shape index (κ3) is 3.90. The Balaban J connectivity index is 1.69. The number of hydrogen-bond acceptors (Lipinski definition) is 4. The number of carbonyl (C=O) groups is 1. The highest BCUT2D eigenvalue weighted by Crippen LogP contribution is 2.28. The van der Waals surface area contributed by atoms with Crippen molar-refractivity contribution in [3.8, 4) is 0 Å². The van der Waals surface area contributed by atoms with E-state index >= 15 is 0 Å². The van der Waals surface area contributed by atoms with Crippen LogP contribution in [0.4, 0.5) is 0 Å².